The Hall–Kier alpha value is -2.87. The number of halogens is 1. The Morgan fingerprint density at radius 3 is 2.42 bits per heavy atom. The molecule has 176 valence electrons. The van der Waals surface area contributed by atoms with Gasteiger partial charge in [0.1, 0.15) is 12.6 Å². The van der Waals surface area contributed by atoms with Crippen molar-refractivity contribution in [3.63, 3.8) is 0 Å². The Kier molecular flexibility index (Phi) is 7.33. The summed E-state index contributed by atoms with van der Waals surface area (Å²) in [5, 5.41) is 3.55. The quantitative estimate of drug-likeness (QED) is 0.659. The number of benzene rings is 1. The van der Waals surface area contributed by atoms with Crippen molar-refractivity contribution < 1.29 is 14.3 Å². The summed E-state index contributed by atoms with van der Waals surface area (Å²) in [5.41, 5.74) is 2.11. The van der Waals surface area contributed by atoms with E-state index in [1.54, 1.807) is 9.80 Å². The molecule has 0 spiro atoms. The number of nitrogens with zero attached hydrogens (tertiary/aromatic N) is 4. The Bertz CT molecular complexity index is 959. The minimum absolute atomic E-state index is 0.0233. The molecular weight excluding hydrogens is 442 g/mol. The van der Waals surface area contributed by atoms with Crippen LogP contribution in [0, 0.1) is 0 Å². The highest BCUT2D eigenvalue weighted by Crippen LogP contribution is 2.24. The fourth-order valence-corrected chi connectivity index (χ4v) is 4.39. The van der Waals surface area contributed by atoms with E-state index in [2.05, 4.69) is 41.3 Å². The maximum atomic E-state index is 12.8. The van der Waals surface area contributed by atoms with Gasteiger partial charge >= 0.3 is 12.0 Å². The first-order chi connectivity index (χ1) is 15.9. The number of nitrogens with one attached hydrogen (secondary N) is 1. The molecule has 1 aliphatic carbocycles. The molecule has 1 saturated carbocycles. The normalized spacial score (nSPS) is 20.9. The molecule has 3 amide bonds. The summed E-state index contributed by atoms with van der Waals surface area (Å²) >= 11 is 5.80. The van der Waals surface area contributed by atoms with Crippen LogP contribution in [0.4, 0.5) is 10.5 Å². The van der Waals surface area contributed by atoms with Crippen LogP contribution in [0.25, 0.3) is 0 Å². The van der Waals surface area contributed by atoms with Crippen molar-refractivity contribution in [3.8, 4) is 6.01 Å². The topological polar surface area (TPSA) is 87.7 Å². The van der Waals surface area contributed by atoms with Gasteiger partial charge in [0.2, 0.25) is 5.91 Å². The van der Waals surface area contributed by atoms with Gasteiger partial charge in [0.15, 0.2) is 0 Å². The van der Waals surface area contributed by atoms with Gasteiger partial charge in [0, 0.05) is 24.8 Å². The fraction of sp³-hybridized carbons (Fsp3) is 0.500. The zero-order chi connectivity index (χ0) is 23.4. The number of ether oxygens (including phenoxy) is 1. The molecule has 0 unspecified atom stereocenters. The summed E-state index contributed by atoms with van der Waals surface area (Å²) in [6, 6.07) is 8.36. The predicted octanol–water partition coefficient (Wildman–Crippen LogP) is 4.00. The molecule has 2 aromatic rings. The number of carbonyl (C=O) groups excluding carboxylic acids is 2. The van der Waals surface area contributed by atoms with Crippen LogP contribution in [-0.2, 0) is 4.79 Å². The molecule has 0 radical (unpaired) electrons. The van der Waals surface area contributed by atoms with Crippen LogP contribution >= 0.6 is 11.6 Å². The van der Waals surface area contributed by atoms with Crippen LogP contribution in [0.5, 0.6) is 6.01 Å². The number of rotatable bonds is 7. The summed E-state index contributed by atoms with van der Waals surface area (Å²) < 4.78 is 5.81. The molecule has 2 aliphatic rings. The Balaban J connectivity index is 1.21. The van der Waals surface area contributed by atoms with E-state index >= 15 is 0 Å². The highest BCUT2D eigenvalue weighted by molar-refractivity contribution is 6.30. The van der Waals surface area contributed by atoms with Crippen LogP contribution in [-0.4, -0.2) is 58.6 Å². The minimum atomic E-state index is -0.123. The zero-order valence-corrected chi connectivity index (χ0v) is 19.8. The van der Waals surface area contributed by atoms with Crippen LogP contribution in [0.1, 0.15) is 51.0 Å². The van der Waals surface area contributed by atoms with Gasteiger partial charge in [-0.25, -0.2) is 14.8 Å². The molecule has 1 N–H and O–H groups in total. The average Bonchev–Trinajstić information content (AvgIpc) is 3.16. The summed E-state index contributed by atoms with van der Waals surface area (Å²) in [7, 11) is 0. The molecule has 8 nitrogen and oxygen atoms in total. The zero-order valence-electron chi connectivity index (χ0n) is 19.0. The summed E-state index contributed by atoms with van der Waals surface area (Å²) in [6.07, 6.45) is 6.28. The van der Waals surface area contributed by atoms with Gasteiger partial charge < -0.3 is 15.0 Å². The van der Waals surface area contributed by atoms with E-state index in [0.717, 1.165) is 31.4 Å². The molecule has 9 heteroatoms. The standard InChI is InChI=1S/C24H30ClN5O3/c1-16(2)17-3-7-20(8-4-17)30-12-11-29(24(30)32)15-22(31)28-19-5-9-21(10-6-19)33-23-26-13-18(25)14-27-23/h3-4,7-8,13-14,16,19,21H,5-6,9-12,15H2,1-2H3,(H,28,31). The Morgan fingerprint density at radius 2 is 1.79 bits per heavy atom. The lowest BCUT2D eigenvalue weighted by atomic mass is 9.93. The lowest BCUT2D eigenvalue weighted by molar-refractivity contribution is -0.122. The maximum absolute atomic E-state index is 12.8. The molecule has 1 aliphatic heterocycles. The van der Waals surface area contributed by atoms with Gasteiger partial charge in [-0.1, -0.05) is 37.6 Å². The van der Waals surface area contributed by atoms with Gasteiger partial charge in [-0.3, -0.25) is 9.69 Å². The van der Waals surface area contributed by atoms with Crippen molar-refractivity contribution >= 4 is 29.2 Å². The first kappa shape index (κ1) is 23.3. The summed E-state index contributed by atoms with van der Waals surface area (Å²) in [6.45, 7) is 5.49. The van der Waals surface area contributed by atoms with E-state index in [1.165, 1.54) is 18.0 Å². The molecule has 2 heterocycles. The van der Waals surface area contributed by atoms with Crippen LogP contribution < -0.4 is 15.0 Å². The van der Waals surface area contributed by atoms with E-state index in [9.17, 15) is 9.59 Å². The Labute approximate surface area is 199 Å². The van der Waals surface area contributed by atoms with Crippen molar-refractivity contribution in [1.82, 2.24) is 20.2 Å². The number of carbonyl (C=O) groups is 2. The van der Waals surface area contributed by atoms with Gasteiger partial charge in [-0.2, -0.15) is 0 Å². The number of amides is 3. The molecule has 4 rings (SSSR count). The molecule has 2 fully saturated rings. The molecule has 33 heavy (non-hydrogen) atoms. The van der Waals surface area contributed by atoms with Gasteiger partial charge in [0.05, 0.1) is 17.4 Å². The SMILES string of the molecule is CC(C)c1ccc(N2CCN(CC(=O)NC3CCC(Oc4ncc(Cl)cn4)CC3)C2=O)cc1. The molecule has 1 aromatic carbocycles. The monoisotopic (exact) mass is 471 g/mol. The molecule has 0 bridgehead atoms. The van der Waals surface area contributed by atoms with Crippen LogP contribution in [0.15, 0.2) is 36.7 Å². The third-order valence-electron chi connectivity index (χ3n) is 6.21. The lowest BCUT2D eigenvalue weighted by Crippen LogP contribution is -2.45. The molecular formula is C24H30ClN5O3. The molecule has 1 aromatic heterocycles. The highest BCUT2D eigenvalue weighted by Gasteiger charge is 2.32. The molecule has 0 atom stereocenters. The van der Waals surface area contributed by atoms with Crippen LogP contribution in [0.3, 0.4) is 0 Å². The fourth-order valence-electron chi connectivity index (χ4n) is 4.29. The van der Waals surface area contributed by atoms with Gasteiger partial charge in [0.25, 0.3) is 0 Å². The number of urea groups is 1. The number of anilines is 1. The first-order valence-electron chi connectivity index (χ1n) is 11.5. The minimum Gasteiger partial charge on any atom is -0.460 e. The number of hydrogen-bond donors (Lipinski definition) is 1. The van der Waals surface area contributed by atoms with E-state index in [1.807, 2.05) is 12.1 Å². The second kappa shape index (κ2) is 10.4. The van der Waals surface area contributed by atoms with Gasteiger partial charge in [-0.05, 0) is 49.3 Å². The van der Waals surface area contributed by atoms with E-state index < -0.39 is 0 Å². The van der Waals surface area contributed by atoms with Crippen molar-refractivity contribution in [3.05, 3.63) is 47.2 Å². The smallest absolute Gasteiger partial charge is 0.325 e. The van der Waals surface area contributed by atoms with Crippen molar-refractivity contribution in [1.29, 1.82) is 0 Å². The third kappa shape index (κ3) is 5.93. The van der Waals surface area contributed by atoms with E-state index in [-0.39, 0.29) is 30.6 Å². The highest BCUT2D eigenvalue weighted by atomic mass is 35.5. The first-order valence-corrected chi connectivity index (χ1v) is 11.9. The Morgan fingerprint density at radius 1 is 1.12 bits per heavy atom. The van der Waals surface area contributed by atoms with Gasteiger partial charge in [-0.15, -0.1) is 0 Å². The maximum Gasteiger partial charge on any atom is 0.325 e. The summed E-state index contributed by atoms with van der Waals surface area (Å²) in [5.74, 6) is 0.326. The second-order valence-electron chi connectivity index (χ2n) is 8.94. The lowest BCUT2D eigenvalue weighted by Gasteiger charge is -2.29. The molecule has 1 saturated heterocycles. The number of hydrogen-bond acceptors (Lipinski definition) is 5. The van der Waals surface area contributed by atoms with E-state index in [0.29, 0.717) is 30.0 Å². The van der Waals surface area contributed by atoms with E-state index in [4.69, 9.17) is 16.3 Å². The van der Waals surface area contributed by atoms with Crippen molar-refractivity contribution in [2.45, 2.75) is 57.6 Å². The van der Waals surface area contributed by atoms with Crippen LogP contribution in [0.2, 0.25) is 5.02 Å². The summed E-state index contributed by atoms with van der Waals surface area (Å²) in [4.78, 5) is 36.9. The second-order valence-corrected chi connectivity index (χ2v) is 9.38. The van der Waals surface area contributed by atoms with Crippen molar-refractivity contribution in [2.24, 2.45) is 0 Å². The largest absolute Gasteiger partial charge is 0.460 e. The predicted molar refractivity (Wildman–Crippen MR) is 127 cm³/mol. The van der Waals surface area contributed by atoms with Crippen molar-refractivity contribution in [2.75, 3.05) is 24.5 Å². The number of aromatic nitrogens is 2. The third-order valence-corrected chi connectivity index (χ3v) is 6.40. The average molecular weight is 472 g/mol.